The van der Waals surface area contributed by atoms with Gasteiger partial charge >= 0.3 is 0 Å². The van der Waals surface area contributed by atoms with E-state index >= 15 is 0 Å². The molecule has 0 atom stereocenters. The summed E-state index contributed by atoms with van der Waals surface area (Å²) in [6, 6.07) is 6.75. The molecule has 0 saturated carbocycles. The highest BCUT2D eigenvalue weighted by Gasteiger charge is 2.17. The first-order chi connectivity index (χ1) is 9.49. The Morgan fingerprint density at radius 1 is 1.45 bits per heavy atom. The van der Waals surface area contributed by atoms with Crippen LogP contribution in [0, 0.1) is 24.1 Å². The van der Waals surface area contributed by atoms with E-state index in [9.17, 15) is 9.65 Å². The molecule has 1 heterocycles. The van der Waals surface area contributed by atoms with Crippen LogP contribution in [0.3, 0.4) is 0 Å². The van der Waals surface area contributed by atoms with Crippen molar-refractivity contribution in [1.82, 2.24) is 4.98 Å². The molecule has 102 valence electrons. The summed E-state index contributed by atoms with van der Waals surface area (Å²) < 4.78 is 13.7. The average molecular weight is 334 g/mol. The van der Waals surface area contributed by atoms with Crippen molar-refractivity contribution in [3.63, 3.8) is 0 Å². The van der Waals surface area contributed by atoms with E-state index in [1.165, 1.54) is 6.07 Å². The molecular formula is C15H13BrFN3. The lowest BCUT2D eigenvalue weighted by Crippen LogP contribution is -2.05. The molecule has 0 spiro atoms. The first-order valence-corrected chi connectivity index (χ1v) is 6.93. The van der Waals surface area contributed by atoms with Crippen LogP contribution in [0.25, 0.3) is 11.1 Å². The molecule has 2 N–H and O–H groups in total. The molecule has 2 rings (SSSR count). The van der Waals surface area contributed by atoms with Gasteiger partial charge in [0.25, 0.3) is 0 Å². The van der Waals surface area contributed by atoms with Gasteiger partial charge in [-0.15, -0.1) is 0 Å². The maximum Gasteiger partial charge on any atom is 0.142 e. The predicted octanol–water partition coefficient (Wildman–Crippen LogP) is 3.97. The number of nitriles is 1. The van der Waals surface area contributed by atoms with Gasteiger partial charge in [0.05, 0.1) is 4.47 Å². The minimum Gasteiger partial charge on any atom is -0.383 e. The number of rotatable bonds is 2. The Bertz CT molecular complexity index is 719. The van der Waals surface area contributed by atoms with Crippen LogP contribution in [-0.2, 0) is 6.42 Å². The minimum atomic E-state index is -0.345. The molecule has 0 aliphatic heterocycles. The van der Waals surface area contributed by atoms with Gasteiger partial charge in [0.15, 0.2) is 0 Å². The molecule has 1 aromatic carbocycles. The Morgan fingerprint density at radius 2 is 2.15 bits per heavy atom. The van der Waals surface area contributed by atoms with Crippen LogP contribution < -0.4 is 5.73 Å². The maximum absolute atomic E-state index is 13.4. The van der Waals surface area contributed by atoms with Crippen molar-refractivity contribution >= 4 is 21.7 Å². The van der Waals surface area contributed by atoms with Crippen molar-refractivity contribution in [1.29, 1.82) is 5.26 Å². The van der Waals surface area contributed by atoms with Gasteiger partial charge in [0.2, 0.25) is 0 Å². The van der Waals surface area contributed by atoms with E-state index in [0.717, 1.165) is 28.8 Å². The summed E-state index contributed by atoms with van der Waals surface area (Å²) in [6.45, 7) is 3.88. The van der Waals surface area contributed by atoms with Crippen LogP contribution in [0.4, 0.5) is 10.2 Å². The number of aryl methyl sites for hydroxylation is 1. The number of pyridine rings is 1. The fraction of sp³-hybridized carbons (Fsp3) is 0.200. The topological polar surface area (TPSA) is 62.7 Å². The molecule has 20 heavy (non-hydrogen) atoms. The van der Waals surface area contributed by atoms with Crippen LogP contribution in [0.15, 0.2) is 22.7 Å². The van der Waals surface area contributed by atoms with E-state index in [1.54, 1.807) is 12.1 Å². The smallest absolute Gasteiger partial charge is 0.142 e. The summed E-state index contributed by atoms with van der Waals surface area (Å²) in [5.74, 6) is -0.131. The van der Waals surface area contributed by atoms with Crippen LogP contribution in [-0.4, -0.2) is 4.98 Å². The highest BCUT2D eigenvalue weighted by atomic mass is 79.9. The van der Waals surface area contributed by atoms with E-state index in [4.69, 9.17) is 5.73 Å². The van der Waals surface area contributed by atoms with Crippen molar-refractivity contribution in [2.75, 3.05) is 5.73 Å². The number of nitrogens with zero attached hydrogens (tertiary/aromatic N) is 2. The molecule has 0 fully saturated rings. The first kappa shape index (κ1) is 14.5. The number of anilines is 1. The fourth-order valence-electron chi connectivity index (χ4n) is 2.21. The monoisotopic (exact) mass is 333 g/mol. The normalized spacial score (nSPS) is 10.3. The summed E-state index contributed by atoms with van der Waals surface area (Å²) in [5.41, 5.74) is 9.41. The largest absolute Gasteiger partial charge is 0.383 e. The number of halogens is 2. The zero-order valence-corrected chi connectivity index (χ0v) is 12.8. The van der Waals surface area contributed by atoms with Crippen LogP contribution in [0.5, 0.6) is 0 Å². The lowest BCUT2D eigenvalue weighted by molar-refractivity contribution is 0.621. The number of nitrogen functional groups attached to an aromatic ring is 1. The Kier molecular flexibility index (Phi) is 4.05. The van der Waals surface area contributed by atoms with E-state index in [2.05, 4.69) is 27.0 Å². The van der Waals surface area contributed by atoms with Crippen molar-refractivity contribution in [3.05, 3.63) is 45.3 Å². The molecule has 0 saturated heterocycles. The third-order valence-corrected chi connectivity index (χ3v) is 3.83. The second-order valence-electron chi connectivity index (χ2n) is 4.41. The lowest BCUT2D eigenvalue weighted by atomic mass is 9.94. The van der Waals surface area contributed by atoms with Crippen LogP contribution >= 0.6 is 15.9 Å². The van der Waals surface area contributed by atoms with Gasteiger partial charge < -0.3 is 5.73 Å². The molecule has 0 aliphatic rings. The molecule has 0 unspecified atom stereocenters. The molecule has 0 radical (unpaired) electrons. The standard InChI is InChI=1S/C15H13BrFN3/c1-3-13-8(2)14(10(7-18)15(19)20-13)9-4-5-12(17)11(16)6-9/h4-6H,3H2,1-2H3,(H2,19,20). The quantitative estimate of drug-likeness (QED) is 0.904. The minimum absolute atomic E-state index is 0.213. The number of aromatic nitrogens is 1. The SMILES string of the molecule is CCc1nc(N)c(C#N)c(-c2ccc(F)c(Br)c2)c1C. The summed E-state index contributed by atoms with van der Waals surface area (Å²) in [7, 11) is 0. The van der Waals surface area contributed by atoms with Gasteiger partial charge in [-0.1, -0.05) is 13.0 Å². The third kappa shape index (κ3) is 2.39. The molecule has 1 aromatic heterocycles. The Balaban J connectivity index is 2.81. The molecule has 3 nitrogen and oxygen atoms in total. The van der Waals surface area contributed by atoms with Crippen molar-refractivity contribution < 1.29 is 4.39 Å². The molecule has 0 bridgehead atoms. The van der Waals surface area contributed by atoms with E-state index in [-0.39, 0.29) is 11.6 Å². The Morgan fingerprint density at radius 3 is 2.70 bits per heavy atom. The summed E-state index contributed by atoms with van der Waals surface area (Å²) in [5, 5.41) is 9.32. The van der Waals surface area contributed by atoms with E-state index < -0.39 is 0 Å². The lowest BCUT2D eigenvalue weighted by Gasteiger charge is -2.14. The van der Waals surface area contributed by atoms with Gasteiger partial charge in [0, 0.05) is 11.3 Å². The van der Waals surface area contributed by atoms with Gasteiger partial charge in [-0.2, -0.15) is 5.26 Å². The highest BCUT2D eigenvalue weighted by molar-refractivity contribution is 9.10. The third-order valence-electron chi connectivity index (χ3n) is 3.22. The summed E-state index contributed by atoms with van der Waals surface area (Å²) >= 11 is 3.16. The van der Waals surface area contributed by atoms with E-state index in [1.807, 2.05) is 13.8 Å². The number of hydrogen-bond acceptors (Lipinski definition) is 3. The van der Waals surface area contributed by atoms with Gasteiger partial charge in [-0.25, -0.2) is 9.37 Å². The number of benzene rings is 1. The van der Waals surface area contributed by atoms with Crippen molar-refractivity contribution in [2.24, 2.45) is 0 Å². The second kappa shape index (κ2) is 5.59. The number of hydrogen-bond donors (Lipinski definition) is 1. The average Bonchev–Trinajstić information content (AvgIpc) is 2.43. The second-order valence-corrected chi connectivity index (χ2v) is 5.27. The zero-order chi connectivity index (χ0) is 14.9. The predicted molar refractivity (Wildman–Crippen MR) is 80.6 cm³/mol. The van der Waals surface area contributed by atoms with Gasteiger partial charge in [0.1, 0.15) is 23.3 Å². The molecule has 5 heteroatoms. The van der Waals surface area contributed by atoms with E-state index in [0.29, 0.717) is 10.0 Å². The first-order valence-electron chi connectivity index (χ1n) is 6.14. The summed E-state index contributed by atoms with van der Waals surface area (Å²) in [4.78, 5) is 4.26. The van der Waals surface area contributed by atoms with Gasteiger partial charge in [-0.05, 0) is 52.5 Å². The molecule has 0 aliphatic carbocycles. The molecule has 0 amide bonds. The zero-order valence-electron chi connectivity index (χ0n) is 11.2. The highest BCUT2D eigenvalue weighted by Crippen LogP contribution is 2.33. The molecular weight excluding hydrogens is 321 g/mol. The van der Waals surface area contributed by atoms with Crippen LogP contribution in [0.2, 0.25) is 0 Å². The maximum atomic E-state index is 13.4. The van der Waals surface area contributed by atoms with Crippen molar-refractivity contribution in [3.8, 4) is 17.2 Å². The Labute approximate surface area is 125 Å². The van der Waals surface area contributed by atoms with Gasteiger partial charge in [-0.3, -0.25) is 0 Å². The number of nitrogens with two attached hydrogens (primary N) is 1. The molecule has 2 aromatic rings. The summed E-state index contributed by atoms with van der Waals surface area (Å²) in [6.07, 6.45) is 0.719. The van der Waals surface area contributed by atoms with Crippen LogP contribution in [0.1, 0.15) is 23.7 Å². The fourth-order valence-corrected chi connectivity index (χ4v) is 2.59. The van der Waals surface area contributed by atoms with Crippen molar-refractivity contribution in [2.45, 2.75) is 20.3 Å². The Hall–Kier alpha value is -1.93.